The summed E-state index contributed by atoms with van der Waals surface area (Å²) in [6, 6.07) is 9.06. The van der Waals surface area contributed by atoms with Crippen LogP contribution in [0.4, 0.5) is 0 Å². The summed E-state index contributed by atoms with van der Waals surface area (Å²) in [7, 11) is 2.12. The van der Waals surface area contributed by atoms with Crippen LogP contribution in [0.1, 0.15) is 36.8 Å². The molecule has 0 unspecified atom stereocenters. The molecule has 1 aromatic carbocycles. The minimum absolute atomic E-state index is 0.304. The number of aliphatic imine (C=N–C) groups is 1. The zero-order valence-electron chi connectivity index (χ0n) is 12.7. The molecule has 1 heterocycles. The van der Waals surface area contributed by atoms with E-state index in [2.05, 4.69) is 53.4 Å². The smallest absolute Gasteiger partial charge is 0.193 e. The molecular formula is C17H25N3. The topological polar surface area (TPSA) is 27.6 Å². The molecule has 0 aromatic heterocycles. The third kappa shape index (κ3) is 2.54. The number of nitrogens with one attached hydrogen (secondary N) is 1. The molecule has 0 radical (unpaired) electrons. The molecule has 3 heteroatoms. The fourth-order valence-electron chi connectivity index (χ4n) is 3.57. The summed E-state index contributed by atoms with van der Waals surface area (Å²) in [6.07, 6.45) is 5.27. The number of hydrogen-bond acceptors (Lipinski definition) is 3. The molecule has 108 valence electrons. The predicted octanol–water partition coefficient (Wildman–Crippen LogP) is 2.70. The number of guanidine groups is 1. The summed E-state index contributed by atoms with van der Waals surface area (Å²) < 4.78 is 0. The van der Waals surface area contributed by atoms with Gasteiger partial charge in [0.15, 0.2) is 5.96 Å². The highest BCUT2D eigenvalue weighted by Gasteiger charge is 2.36. The van der Waals surface area contributed by atoms with Gasteiger partial charge in [0.25, 0.3) is 0 Å². The first-order valence-corrected chi connectivity index (χ1v) is 7.76. The molecule has 1 aliphatic heterocycles. The van der Waals surface area contributed by atoms with Gasteiger partial charge in [0.2, 0.25) is 0 Å². The quantitative estimate of drug-likeness (QED) is 0.915. The Morgan fingerprint density at radius 3 is 2.75 bits per heavy atom. The molecule has 3 rings (SSSR count). The highest BCUT2D eigenvalue weighted by molar-refractivity contribution is 5.81. The number of benzene rings is 1. The molecule has 0 amide bonds. The lowest BCUT2D eigenvalue weighted by Crippen LogP contribution is -2.43. The van der Waals surface area contributed by atoms with Crippen LogP contribution in [-0.4, -0.2) is 37.5 Å². The average Bonchev–Trinajstić information content (AvgIpc) is 3.06. The monoisotopic (exact) mass is 271 g/mol. The van der Waals surface area contributed by atoms with Gasteiger partial charge in [-0.05, 0) is 25.3 Å². The van der Waals surface area contributed by atoms with Crippen molar-refractivity contribution in [2.24, 2.45) is 4.99 Å². The van der Waals surface area contributed by atoms with Gasteiger partial charge < -0.3 is 10.2 Å². The first-order valence-electron chi connectivity index (χ1n) is 7.76. The molecule has 3 nitrogen and oxygen atoms in total. The molecule has 1 fully saturated rings. The maximum absolute atomic E-state index is 4.55. The number of rotatable bonds is 3. The minimum Gasteiger partial charge on any atom is -0.355 e. The Balaban J connectivity index is 1.78. The van der Waals surface area contributed by atoms with E-state index in [1.54, 1.807) is 0 Å². The van der Waals surface area contributed by atoms with E-state index < -0.39 is 0 Å². The van der Waals surface area contributed by atoms with Gasteiger partial charge in [-0.3, -0.25) is 4.99 Å². The van der Waals surface area contributed by atoms with Crippen LogP contribution in [0.2, 0.25) is 0 Å². The van der Waals surface area contributed by atoms with Crippen LogP contribution >= 0.6 is 0 Å². The maximum atomic E-state index is 4.55. The maximum Gasteiger partial charge on any atom is 0.193 e. The molecule has 1 aliphatic carbocycles. The van der Waals surface area contributed by atoms with Crippen LogP contribution in [-0.2, 0) is 5.41 Å². The molecule has 0 saturated heterocycles. The van der Waals surface area contributed by atoms with E-state index >= 15 is 0 Å². The largest absolute Gasteiger partial charge is 0.355 e. The molecule has 1 N–H and O–H groups in total. The summed E-state index contributed by atoms with van der Waals surface area (Å²) in [5.41, 5.74) is 3.17. The van der Waals surface area contributed by atoms with E-state index in [1.165, 1.54) is 36.8 Å². The van der Waals surface area contributed by atoms with Gasteiger partial charge in [-0.1, -0.05) is 42.7 Å². The van der Waals surface area contributed by atoms with Crippen LogP contribution in [0.25, 0.3) is 0 Å². The Labute approximate surface area is 122 Å². The van der Waals surface area contributed by atoms with Crippen molar-refractivity contribution in [2.75, 3.05) is 26.7 Å². The Morgan fingerprint density at radius 1 is 1.30 bits per heavy atom. The second-order valence-electron chi connectivity index (χ2n) is 6.34. The number of aryl methyl sites for hydroxylation is 1. The summed E-state index contributed by atoms with van der Waals surface area (Å²) in [6.45, 7) is 5.17. The molecule has 0 spiro atoms. The lowest BCUT2D eigenvalue weighted by molar-refractivity contribution is 0.421. The molecule has 20 heavy (non-hydrogen) atoms. The lowest BCUT2D eigenvalue weighted by atomic mass is 9.78. The Hall–Kier alpha value is -1.51. The number of likely N-dealkylation sites (N-methyl/N-ethyl adjacent to an activating group) is 1. The third-order valence-corrected chi connectivity index (χ3v) is 4.83. The van der Waals surface area contributed by atoms with Crippen molar-refractivity contribution < 1.29 is 0 Å². The van der Waals surface area contributed by atoms with Gasteiger partial charge in [0.1, 0.15) is 0 Å². The molecule has 1 saturated carbocycles. The molecular weight excluding hydrogens is 246 g/mol. The first-order chi connectivity index (χ1) is 9.70. The van der Waals surface area contributed by atoms with Crippen LogP contribution in [0.15, 0.2) is 29.3 Å². The third-order valence-electron chi connectivity index (χ3n) is 4.83. The summed E-state index contributed by atoms with van der Waals surface area (Å²) in [4.78, 5) is 6.77. The standard InChI is InChI=1S/C17H25N3/c1-14-6-5-7-15(12-14)17(8-3-4-9-17)13-19-16-18-10-11-20(16)2/h5-7,12H,3-4,8-11,13H2,1-2H3,(H,18,19). The van der Waals surface area contributed by atoms with Gasteiger partial charge in [-0.2, -0.15) is 0 Å². The van der Waals surface area contributed by atoms with E-state index in [1.807, 2.05) is 0 Å². The van der Waals surface area contributed by atoms with Crippen molar-refractivity contribution in [3.05, 3.63) is 35.4 Å². The van der Waals surface area contributed by atoms with Crippen molar-refractivity contribution in [3.8, 4) is 0 Å². The van der Waals surface area contributed by atoms with Crippen molar-refractivity contribution in [3.63, 3.8) is 0 Å². The Bertz CT molecular complexity index is 501. The molecule has 0 atom stereocenters. The van der Waals surface area contributed by atoms with Crippen LogP contribution in [0, 0.1) is 6.92 Å². The van der Waals surface area contributed by atoms with Gasteiger partial charge in [0.05, 0.1) is 6.54 Å². The minimum atomic E-state index is 0.304. The fourth-order valence-corrected chi connectivity index (χ4v) is 3.57. The van der Waals surface area contributed by atoms with E-state index in [4.69, 9.17) is 0 Å². The fraction of sp³-hybridized carbons (Fsp3) is 0.588. The highest BCUT2D eigenvalue weighted by atomic mass is 15.3. The number of nitrogens with zero attached hydrogens (tertiary/aromatic N) is 2. The average molecular weight is 271 g/mol. The Morgan fingerprint density at radius 2 is 2.10 bits per heavy atom. The lowest BCUT2D eigenvalue weighted by Gasteiger charge is -2.31. The SMILES string of the molecule is Cc1cccc(C2(CNC3=NCCN3C)CCCC2)c1. The highest BCUT2D eigenvalue weighted by Crippen LogP contribution is 2.40. The van der Waals surface area contributed by atoms with Crippen LogP contribution in [0.3, 0.4) is 0 Å². The Kier molecular flexibility index (Phi) is 3.68. The molecule has 1 aromatic rings. The van der Waals surface area contributed by atoms with Gasteiger partial charge in [-0.25, -0.2) is 0 Å². The van der Waals surface area contributed by atoms with Gasteiger partial charge in [-0.15, -0.1) is 0 Å². The second kappa shape index (κ2) is 5.47. The predicted molar refractivity (Wildman–Crippen MR) is 84.3 cm³/mol. The van der Waals surface area contributed by atoms with Crippen molar-refractivity contribution in [2.45, 2.75) is 38.0 Å². The van der Waals surface area contributed by atoms with Crippen LogP contribution < -0.4 is 5.32 Å². The summed E-state index contributed by atoms with van der Waals surface area (Å²) in [5.74, 6) is 1.07. The molecule has 2 aliphatic rings. The van der Waals surface area contributed by atoms with E-state index in [-0.39, 0.29) is 0 Å². The van der Waals surface area contributed by atoms with E-state index in [0.29, 0.717) is 5.41 Å². The zero-order valence-corrected chi connectivity index (χ0v) is 12.7. The normalized spacial score (nSPS) is 21.1. The van der Waals surface area contributed by atoms with Gasteiger partial charge >= 0.3 is 0 Å². The van der Waals surface area contributed by atoms with E-state index in [9.17, 15) is 0 Å². The summed E-state index contributed by atoms with van der Waals surface area (Å²) >= 11 is 0. The summed E-state index contributed by atoms with van der Waals surface area (Å²) in [5, 5.41) is 3.61. The van der Waals surface area contributed by atoms with Crippen molar-refractivity contribution in [1.29, 1.82) is 0 Å². The van der Waals surface area contributed by atoms with Crippen LogP contribution in [0.5, 0.6) is 0 Å². The second-order valence-corrected chi connectivity index (χ2v) is 6.34. The molecule has 0 bridgehead atoms. The van der Waals surface area contributed by atoms with Crippen molar-refractivity contribution in [1.82, 2.24) is 10.2 Å². The first kappa shape index (κ1) is 13.5. The number of hydrogen-bond donors (Lipinski definition) is 1. The van der Waals surface area contributed by atoms with Crippen molar-refractivity contribution >= 4 is 5.96 Å². The van der Waals surface area contributed by atoms with Gasteiger partial charge in [0, 0.05) is 25.6 Å². The zero-order chi connectivity index (χ0) is 14.0. The van der Waals surface area contributed by atoms with E-state index in [0.717, 1.165) is 25.6 Å².